The van der Waals surface area contributed by atoms with Crippen LogP contribution in [-0.2, 0) is 0 Å². The molecule has 158 valence electrons. The van der Waals surface area contributed by atoms with E-state index in [4.69, 9.17) is 5.26 Å². The number of allylic oxidation sites excluding steroid dienone is 1. The van der Waals surface area contributed by atoms with E-state index in [1.165, 1.54) is 17.6 Å². The van der Waals surface area contributed by atoms with E-state index in [0.29, 0.717) is 22.5 Å². The van der Waals surface area contributed by atoms with Crippen LogP contribution in [-0.4, -0.2) is 52.1 Å². The highest BCUT2D eigenvalue weighted by atomic mass is 16.1. The second kappa shape index (κ2) is 8.70. The molecule has 0 amide bonds. The molecule has 3 heterocycles. The minimum absolute atomic E-state index is 0. The number of aromatic nitrogens is 3. The lowest BCUT2D eigenvalue weighted by Crippen LogP contribution is -2.49. The van der Waals surface area contributed by atoms with Gasteiger partial charge in [-0.05, 0) is 48.7 Å². The van der Waals surface area contributed by atoms with Crippen LogP contribution >= 0.6 is 0 Å². The molecule has 3 aromatic rings. The third-order valence-electron chi connectivity index (χ3n) is 6.11. The standard InChI is InChI=1S/C23H22N6O.CH4/c24-13-16-1-4-18(5-2-16)28-7-9-29(10-8-28)19-6-3-17(11-19)21-12-22-20(23(30)27-21)14-25-15-26-22;/h1-2,4-5,11-12,14-15,19H,3,6-10H2,(H,27,30);1H4/t19-;/m1./s1. The number of fused-ring (bicyclic) bond motifs is 1. The molecule has 7 heteroatoms. The summed E-state index contributed by atoms with van der Waals surface area (Å²) in [6, 6.07) is 12.3. The Balaban J connectivity index is 0.00000231. The van der Waals surface area contributed by atoms with Gasteiger partial charge in [-0.3, -0.25) is 9.69 Å². The molecule has 1 N–H and O–H groups in total. The number of aromatic amines is 1. The van der Waals surface area contributed by atoms with Crippen LogP contribution < -0.4 is 10.5 Å². The van der Waals surface area contributed by atoms with Crippen molar-refractivity contribution in [2.24, 2.45) is 0 Å². The third-order valence-corrected chi connectivity index (χ3v) is 6.11. The normalized spacial score (nSPS) is 19.0. The summed E-state index contributed by atoms with van der Waals surface area (Å²) in [5, 5.41) is 9.49. The zero-order valence-electron chi connectivity index (χ0n) is 16.6. The summed E-state index contributed by atoms with van der Waals surface area (Å²) in [7, 11) is 0. The van der Waals surface area contributed by atoms with Crippen molar-refractivity contribution in [3.63, 3.8) is 0 Å². The van der Waals surface area contributed by atoms with E-state index in [2.05, 4.69) is 36.9 Å². The summed E-state index contributed by atoms with van der Waals surface area (Å²) in [4.78, 5) is 28.4. The van der Waals surface area contributed by atoms with Crippen LogP contribution in [0.25, 0.3) is 16.5 Å². The van der Waals surface area contributed by atoms with Crippen molar-refractivity contribution >= 4 is 22.2 Å². The first-order valence-corrected chi connectivity index (χ1v) is 10.2. The van der Waals surface area contributed by atoms with E-state index in [-0.39, 0.29) is 13.0 Å². The number of anilines is 1. The summed E-state index contributed by atoms with van der Waals surface area (Å²) in [5.41, 5.74) is 4.47. The van der Waals surface area contributed by atoms with Gasteiger partial charge in [-0.15, -0.1) is 0 Å². The Labute approximate surface area is 181 Å². The number of H-pyrrole nitrogens is 1. The summed E-state index contributed by atoms with van der Waals surface area (Å²) in [6.45, 7) is 3.93. The van der Waals surface area contributed by atoms with Gasteiger partial charge >= 0.3 is 0 Å². The number of nitrogens with zero attached hydrogens (tertiary/aromatic N) is 5. The van der Waals surface area contributed by atoms with Gasteiger partial charge in [0.1, 0.15) is 6.33 Å². The van der Waals surface area contributed by atoms with Crippen molar-refractivity contribution in [1.29, 1.82) is 5.26 Å². The molecule has 0 radical (unpaired) electrons. The van der Waals surface area contributed by atoms with Crippen LogP contribution in [0.4, 0.5) is 5.69 Å². The van der Waals surface area contributed by atoms with Crippen LogP contribution in [0, 0.1) is 11.3 Å². The highest BCUT2D eigenvalue weighted by Crippen LogP contribution is 2.31. The lowest BCUT2D eigenvalue weighted by Gasteiger charge is -2.38. The molecular weight excluding hydrogens is 388 g/mol. The summed E-state index contributed by atoms with van der Waals surface area (Å²) in [6.07, 6.45) is 7.35. The number of hydrogen-bond acceptors (Lipinski definition) is 6. The fourth-order valence-electron chi connectivity index (χ4n) is 4.44. The molecule has 5 rings (SSSR count). The summed E-state index contributed by atoms with van der Waals surface area (Å²) >= 11 is 0. The molecule has 0 saturated carbocycles. The number of nitriles is 1. The Morgan fingerprint density at radius 2 is 1.90 bits per heavy atom. The zero-order chi connectivity index (χ0) is 20.5. The fourth-order valence-corrected chi connectivity index (χ4v) is 4.44. The molecule has 0 spiro atoms. The van der Waals surface area contributed by atoms with Crippen LogP contribution in [0.15, 0.2) is 53.7 Å². The molecule has 7 nitrogen and oxygen atoms in total. The number of pyridine rings is 1. The van der Waals surface area contributed by atoms with E-state index in [9.17, 15) is 4.79 Å². The maximum Gasteiger partial charge on any atom is 0.259 e. The first-order valence-electron chi connectivity index (χ1n) is 10.2. The zero-order valence-corrected chi connectivity index (χ0v) is 16.6. The third kappa shape index (κ3) is 4.07. The van der Waals surface area contributed by atoms with Gasteiger partial charge in [-0.2, -0.15) is 5.26 Å². The quantitative estimate of drug-likeness (QED) is 0.708. The van der Waals surface area contributed by atoms with Gasteiger partial charge in [0.05, 0.1) is 22.5 Å². The van der Waals surface area contributed by atoms with E-state index >= 15 is 0 Å². The molecular formula is C24H26N6O. The molecule has 1 saturated heterocycles. The predicted octanol–water partition coefficient (Wildman–Crippen LogP) is 3.19. The van der Waals surface area contributed by atoms with Gasteiger partial charge in [-0.25, -0.2) is 9.97 Å². The highest BCUT2D eigenvalue weighted by Gasteiger charge is 2.27. The van der Waals surface area contributed by atoms with Gasteiger partial charge < -0.3 is 9.88 Å². The minimum atomic E-state index is -0.136. The predicted molar refractivity (Wildman–Crippen MR) is 123 cm³/mol. The van der Waals surface area contributed by atoms with Crippen LogP contribution in [0.2, 0.25) is 0 Å². The van der Waals surface area contributed by atoms with Crippen molar-refractivity contribution in [2.75, 3.05) is 31.1 Å². The number of benzene rings is 1. The summed E-state index contributed by atoms with van der Waals surface area (Å²) in [5.74, 6) is 0. The maximum atomic E-state index is 12.4. The molecule has 2 aromatic heterocycles. The van der Waals surface area contributed by atoms with Crippen molar-refractivity contribution in [3.8, 4) is 6.07 Å². The van der Waals surface area contributed by atoms with E-state index in [0.717, 1.165) is 44.7 Å². The van der Waals surface area contributed by atoms with E-state index in [1.807, 2.05) is 30.3 Å². The molecule has 1 aliphatic carbocycles. The monoisotopic (exact) mass is 414 g/mol. The van der Waals surface area contributed by atoms with E-state index in [1.54, 1.807) is 6.20 Å². The Morgan fingerprint density at radius 1 is 1.13 bits per heavy atom. The van der Waals surface area contributed by atoms with Gasteiger partial charge in [0, 0.05) is 49.8 Å². The average Bonchev–Trinajstić information content (AvgIpc) is 3.30. The van der Waals surface area contributed by atoms with Gasteiger partial charge in [0.2, 0.25) is 0 Å². The topological polar surface area (TPSA) is 88.9 Å². The number of nitrogens with one attached hydrogen (secondary N) is 1. The second-order valence-electron chi connectivity index (χ2n) is 7.81. The average molecular weight is 415 g/mol. The van der Waals surface area contributed by atoms with Crippen LogP contribution in [0.1, 0.15) is 31.5 Å². The number of rotatable bonds is 3. The van der Waals surface area contributed by atoms with Crippen LogP contribution in [0.5, 0.6) is 0 Å². The smallest absolute Gasteiger partial charge is 0.259 e. The Hall–Kier alpha value is -3.50. The fraction of sp³-hybridized carbons (Fsp3) is 0.333. The molecule has 1 aromatic carbocycles. The van der Waals surface area contributed by atoms with Gasteiger partial charge in [-0.1, -0.05) is 13.5 Å². The molecule has 2 aliphatic rings. The van der Waals surface area contributed by atoms with Gasteiger partial charge in [0.25, 0.3) is 5.56 Å². The molecule has 1 fully saturated rings. The minimum Gasteiger partial charge on any atom is -0.369 e. The lowest BCUT2D eigenvalue weighted by molar-refractivity contribution is 0.214. The molecule has 0 unspecified atom stereocenters. The number of hydrogen-bond donors (Lipinski definition) is 1. The number of piperazine rings is 1. The first-order chi connectivity index (χ1) is 14.7. The van der Waals surface area contributed by atoms with Crippen molar-refractivity contribution < 1.29 is 0 Å². The first kappa shape index (κ1) is 20.8. The molecule has 1 aliphatic heterocycles. The van der Waals surface area contributed by atoms with E-state index < -0.39 is 0 Å². The Kier molecular flexibility index (Phi) is 5.83. The van der Waals surface area contributed by atoms with Gasteiger partial charge in [0.15, 0.2) is 0 Å². The largest absolute Gasteiger partial charge is 0.369 e. The summed E-state index contributed by atoms with van der Waals surface area (Å²) < 4.78 is 0. The van der Waals surface area contributed by atoms with Crippen LogP contribution in [0.3, 0.4) is 0 Å². The second-order valence-corrected chi connectivity index (χ2v) is 7.81. The highest BCUT2D eigenvalue weighted by molar-refractivity contribution is 5.80. The molecule has 1 atom stereocenters. The lowest BCUT2D eigenvalue weighted by atomic mass is 10.1. The molecule has 31 heavy (non-hydrogen) atoms. The Morgan fingerprint density at radius 3 is 2.65 bits per heavy atom. The van der Waals surface area contributed by atoms with Crippen molar-refractivity contribution in [2.45, 2.75) is 26.3 Å². The van der Waals surface area contributed by atoms with Crippen molar-refractivity contribution in [1.82, 2.24) is 19.9 Å². The van der Waals surface area contributed by atoms with Crippen molar-refractivity contribution in [3.05, 3.63) is 70.5 Å². The molecule has 0 bridgehead atoms. The Bertz CT molecular complexity index is 1200. The SMILES string of the molecule is C.N#Cc1ccc(N2CCN([C@H]3C=C(c4cc5ncncc5c(=O)[nH]4)CC3)CC2)cc1. The maximum absolute atomic E-state index is 12.4.